The summed E-state index contributed by atoms with van der Waals surface area (Å²) in [5.41, 5.74) is 1.46. The number of methoxy groups -OCH3 is 1. The third-order valence-corrected chi connectivity index (χ3v) is 5.35. The van der Waals surface area contributed by atoms with Crippen LogP contribution in [0.5, 0.6) is 11.5 Å². The molecule has 1 N–H and O–H groups in total. The molecule has 0 bridgehead atoms. The van der Waals surface area contributed by atoms with Gasteiger partial charge in [-0.15, -0.1) is 0 Å². The second kappa shape index (κ2) is 7.47. The minimum Gasteiger partial charge on any atom is -0.496 e. The Labute approximate surface area is 163 Å². The molecular weight excluding hydrogens is 362 g/mol. The van der Waals surface area contributed by atoms with Crippen LogP contribution in [0.1, 0.15) is 37.0 Å². The number of hydrogen-bond acceptors (Lipinski definition) is 6. The van der Waals surface area contributed by atoms with Crippen molar-refractivity contribution in [1.82, 2.24) is 4.90 Å². The maximum Gasteiger partial charge on any atom is 0.340 e. The highest BCUT2D eigenvalue weighted by Crippen LogP contribution is 2.43. The summed E-state index contributed by atoms with van der Waals surface area (Å²) < 4.78 is 17.3. The molecule has 1 aliphatic heterocycles. The number of amides is 1. The molecule has 0 fully saturated rings. The summed E-state index contributed by atoms with van der Waals surface area (Å²) in [7, 11) is 3.14. The molecule has 7 heteroatoms. The van der Waals surface area contributed by atoms with Crippen LogP contribution in [0.4, 0.5) is 0 Å². The monoisotopic (exact) mass is 389 g/mol. The van der Waals surface area contributed by atoms with Gasteiger partial charge in [-0.05, 0) is 39.2 Å². The second-order valence-electron chi connectivity index (χ2n) is 7.83. The van der Waals surface area contributed by atoms with Crippen molar-refractivity contribution in [3.05, 3.63) is 33.2 Å². The van der Waals surface area contributed by atoms with E-state index in [-0.39, 0.29) is 31.1 Å². The van der Waals surface area contributed by atoms with E-state index in [1.54, 1.807) is 21.1 Å². The Morgan fingerprint density at radius 3 is 2.75 bits per heavy atom. The number of aliphatic hydroxyl groups excluding tert-OH is 1. The third kappa shape index (κ3) is 3.58. The van der Waals surface area contributed by atoms with E-state index < -0.39 is 5.63 Å². The molecule has 1 aliphatic rings. The summed E-state index contributed by atoms with van der Waals surface area (Å²) in [6, 6.07) is 1.83. The van der Waals surface area contributed by atoms with Crippen LogP contribution < -0.4 is 15.1 Å². The molecule has 7 nitrogen and oxygen atoms in total. The summed E-state index contributed by atoms with van der Waals surface area (Å²) in [5.74, 6) is 0.950. The van der Waals surface area contributed by atoms with Crippen LogP contribution in [0.15, 0.2) is 15.3 Å². The Morgan fingerprint density at radius 1 is 1.39 bits per heavy atom. The lowest BCUT2D eigenvalue weighted by Crippen LogP contribution is -2.33. The first kappa shape index (κ1) is 20.2. The molecule has 1 amide bonds. The zero-order chi connectivity index (χ0) is 20.6. The SMILES string of the molecule is COc1cc2c(c3oc(=O)c(CC(=O)N(C)CCO)c(C)c13)CCC(C)(C)O2. The Bertz CT molecular complexity index is 975. The van der Waals surface area contributed by atoms with E-state index in [2.05, 4.69) is 0 Å². The number of aryl methyl sites for hydroxylation is 2. The van der Waals surface area contributed by atoms with Gasteiger partial charge in [0.05, 0.1) is 31.1 Å². The number of hydrogen-bond donors (Lipinski definition) is 1. The van der Waals surface area contributed by atoms with Gasteiger partial charge in [0.2, 0.25) is 5.91 Å². The fraction of sp³-hybridized carbons (Fsp3) is 0.524. The molecule has 0 radical (unpaired) electrons. The number of carbonyl (C=O) groups excluding carboxylic acids is 1. The lowest BCUT2D eigenvalue weighted by atomic mass is 9.91. The lowest BCUT2D eigenvalue weighted by Gasteiger charge is -2.33. The number of aliphatic hydroxyl groups is 1. The summed E-state index contributed by atoms with van der Waals surface area (Å²) in [4.78, 5) is 26.5. The van der Waals surface area contributed by atoms with Crippen molar-refractivity contribution in [3.63, 3.8) is 0 Å². The molecule has 0 saturated carbocycles. The highest BCUT2D eigenvalue weighted by molar-refractivity contribution is 5.93. The van der Waals surface area contributed by atoms with E-state index >= 15 is 0 Å². The number of carbonyl (C=O) groups is 1. The summed E-state index contributed by atoms with van der Waals surface area (Å²) in [5, 5.41) is 9.71. The maximum absolute atomic E-state index is 12.7. The minimum atomic E-state index is -0.531. The first-order valence-electron chi connectivity index (χ1n) is 9.38. The summed E-state index contributed by atoms with van der Waals surface area (Å²) in [6.45, 7) is 5.91. The van der Waals surface area contributed by atoms with E-state index in [1.807, 2.05) is 19.9 Å². The molecule has 1 aromatic carbocycles. The number of benzene rings is 1. The normalized spacial score (nSPS) is 15.1. The van der Waals surface area contributed by atoms with Crippen molar-refractivity contribution in [2.24, 2.45) is 0 Å². The van der Waals surface area contributed by atoms with Gasteiger partial charge in [0, 0.05) is 25.2 Å². The van der Waals surface area contributed by atoms with Crippen LogP contribution in [-0.4, -0.2) is 48.8 Å². The van der Waals surface area contributed by atoms with Gasteiger partial charge in [-0.1, -0.05) is 0 Å². The van der Waals surface area contributed by atoms with Gasteiger partial charge in [-0.2, -0.15) is 0 Å². The predicted molar refractivity (Wildman–Crippen MR) is 105 cm³/mol. The number of fused-ring (bicyclic) bond motifs is 3. The summed E-state index contributed by atoms with van der Waals surface area (Å²) >= 11 is 0. The maximum atomic E-state index is 12.7. The van der Waals surface area contributed by atoms with Crippen molar-refractivity contribution >= 4 is 16.9 Å². The quantitative estimate of drug-likeness (QED) is 0.789. The molecule has 3 rings (SSSR count). The molecule has 0 atom stereocenters. The first-order chi connectivity index (χ1) is 13.2. The van der Waals surface area contributed by atoms with Gasteiger partial charge >= 0.3 is 5.63 Å². The van der Waals surface area contributed by atoms with Crippen LogP contribution in [0, 0.1) is 6.92 Å². The predicted octanol–water partition coefficient (Wildman–Crippen LogP) is 2.21. The molecule has 28 heavy (non-hydrogen) atoms. The van der Waals surface area contributed by atoms with Crippen molar-refractivity contribution in [2.75, 3.05) is 27.3 Å². The van der Waals surface area contributed by atoms with E-state index in [1.165, 1.54) is 4.90 Å². The summed E-state index contributed by atoms with van der Waals surface area (Å²) in [6.07, 6.45) is 1.43. The van der Waals surface area contributed by atoms with Gasteiger partial charge in [0.1, 0.15) is 22.7 Å². The highest BCUT2D eigenvalue weighted by atomic mass is 16.5. The average Bonchev–Trinajstić information content (AvgIpc) is 2.63. The molecule has 0 unspecified atom stereocenters. The van der Waals surface area contributed by atoms with Crippen LogP contribution in [0.25, 0.3) is 11.0 Å². The van der Waals surface area contributed by atoms with E-state index in [0.29, 0.717) is 33.6 Å². The van der Waals surface area contributed by atoms with Gasteiger partial charge < -0.3 is 23.9 Å². The standard InChI is InChI=1S/C21H27NO6/c1-12-14(10-17(24)22(4)8-9-23)20(25)27-19-13-6-7-21(2,3)28-15(13)11-16(26-5)18(12)19/h11,23H,6-10H2,1-5H3. The fourth-order valence-corrected chi connectivity index (χ4v) is 3.61. The molecular formula is C21H27NO6. The topological polar surface area (TPSA) is 89.2 Å². The number of ether oxygens (including phenoxy) is 2. The largest absolute Gasteiger partial charge is 0.496 e. The van der Waals surface area contributed by atoms with Gasteiger partial charge in [-0.25, -0.2) is 4.79 Å². The molecule has 0 saturated heterocycles. The van der Waals surface area contributed by atoms with E-state index in [4.69, 9.17) is 19.0 Å². The zero-order valence-corrected chi connectivity index (χ0v) is 17.0. The number of likely N-dealkylation sites (N-methyl/N-ethyl adjacent to an activating group) is 1. The number of nitrogens with zero attached hydrogens (tertiary/aromatic N) is 1. The van der Waals surface area contributed by atoms with Crippen molar-refractivity contribution in [1.29, 1.82) is 0 Å². The third-order valence-electron chi connectivity index (χ3n) is 5.35. The van der Waals surface area contributed by atoms with E-state index in [9.17, 15) is 9.59 Å². The average molecular weight is 389 g/mol. The van der Waals surface area contributed by atoms with Crippen LogP contribution in [0.2, 0.25) is 0 Å². The molecule has 1 aromatic heterocycles. The van der Waals surface area contributed by atoms with E-state index in [0.717, 1.165) is 18.4 Å². The molecule has 2 aromatic rings. The first-order valence-corrected chi connectivity index (χ1v) is 9.38. The van der Waals surface area contributed by atoms with Crippen LogP contribution in [0.3, 0.4) is 0 Å². The molecule has 2 heterocycles. The molecule has 152 valence electrons. The van der Waals surface area contributed by atoms with Crippen molar-refractivity contribution in [2.45, 2.75) is 45.6 Å². The Balaban J connectivity index is 2.16. The van der Waals surface area contributed by atoms with Gasteiger partial charge in [0.15, 0.2) is 0 Å². The van der Waals surface area contributed by atoms with Crippen molar-refractivity contribution < 1.29 is 23.8 Å². The Hall–Kier alpha value is -2.54. The highest BCUT2D eigenvalue weighted by Gasteiger charge is 2.31. The fourth-order valence-electron chi connectivity index (χ4n) is 3.61. The van der Waals surface area contributed by atoms with Gasteiger partial charge in [-0.3, -0.25) is 4.79 Å². The second-order valence-corrected chi connectivity index (χ2v) is 7.83. The Kier molecular flexibility index (Phi) is 5.39. The molecule has 0 aliphatic carbocycles. The van der Waals surface area contributed by atoms with Crippen LogP contribution >= 0.6 is 0 Å². The minimum absolute atomic E-state index is 0.0929. The van der Waals surface area contributed by atoms with Gasteiger partial charge in [0.25, 0.3) is 0 Å². The van der Waals surface area contributed by atoms with Crippen LogP contribution in [-0.2, 0) is 17.6 Å². The molecule has 0 spiro atoms. The lowest BCUT2D eigenvalue weighted by molar-refractivity contribution is -0.129. The van der Waals surface area contributed by atoms with Crippen molar-refractivity contribution in [3.8, 4) is 11.5 Å². The zero-order valence-electron chi connectivity index (χ0n) is 17.0. The number of rotatable bonds is 5. The smallest absolute Gasteiger partial charge is 0.340 e. The Morgan fingerprint density at radius 2 is 2.11 bits per heavy atom.